The molecule has 1 atom stereocenters. The van der Waals surface area contributed by atoms with Gasteiger partial charge in [0.25, 0.3) is 5.56 Å². The molecule has 0 bridgehead atoms. The quantitative estimate of drug-likeness (QED) is 0.128. The van der Waals surface area contributed by atoms with Crippen molar-refractivity contribution in [1.29, 1.82) is 0 Å². The first-order valence-corrected chi connectivity index (χ1v) is 17.8. The molecule has 0 fully saturated rings. The molecule has 1 aromatic heterocycles. The zero-order valence-electron chi connectivity index (χ0n) is 27.4. The van der Waals surface area contributed by atoms with Gasteiger partial charge >= 0.3 is 5.97 Å². The van der Waals surface area contributed by atoms with Crippen LogP contribution in [0.25, 0.3) is 16.8 Å². The van der Waals surface area contributed by atoms with Gasteiger partial charge in [-0.1, -0.05) is 78.7 Å². The van der Waals surface area contributed by atoms with E-state index in [2.05, 4.69) is 34.1 Å². The fraction of sp³-hybridized carbons (Fsp3) is 0.237. The lowest BCUT2D eigenvalue weighted by Gasteiger charge is -2.27. The van der Waals surface area contributed by atoms with Gasteiger partial charge in [-0.25, -0.2) is 9.79 Å². The number of halogens is 2. The largest absolute Gasteiger partial charge is 0.496 e. The zero-order chi connectivity index (χ0) is 34.7. The predicted octanol–water partition coefficient (Wildman–Crippen LogP) is 7.74. The third kappa shape index (κ3) is 6.90. The number of esters is 1. The Hall–Kier alpha value is -4.38. The van der Waals surface area contributed by atoms with E-state index in [1.807, 2.05) is 43.3 Å². The van der Waals surface area contributed by atoms with Gasteiger partial charge in [-0.15, -0.1) is 0 Å². The zero-order valence-corrected chi connectivity index (χ0v) is 30.6. The van der Waals surface area contributed by atoms with E-state index < -0.39 is 12.0 Å². The van der Waals surface area contributed by atoms with Crippen LogP contribution in [-0.2, 0) is 16.1 Å². The van der Waals surface area contributed by atoms with E-state index in [1.54, 1.807) is 38.3 Å². The van der Waals surface area contributed by atoms with E-state index in [4.69, 9.17) is 35.5 Å². The van der Waals surface area contributed by atoms with Crippen LogP contribution in [0.3, 0.4) is 0 Å². The molecule has 2 heterocycles. The van der Waals surface area contributed by atoms with Crippen LogP contribution in [0.5, 0.6) is 17.2 Å². The minimum absolute atomic E-state index is 0.171. The molecule has 0 aliphatic carbocycles. The van der Waals surface area contributed by atoms with Crippen molar-refractivity contribution in [3.63, 3.8) is 0 Å². The van der Waals surface area contributed by atoms with E-state index in [0.29, 0.717) is 71.5 Å². The van der Waals surface area contributed by atoms with Crippen molar-refractivity contribution >= 4 is 61.7 Å². The monoisotopic (exact) mass is 760 g/mol. The summed E-state index contributed by atoms with van der Waals surface area (Å²) >= 11 is 11.4. The lowest BCUT2D eigenvalue weighted by molar-refractivity contribution is -0.139. The molecule has 0 spiro atoms. The van der Waals surface area contributed by atoms with Gasteiger partial charge in [0.2, 0.25) is 0 Å². The first kappa shape index (κ1) is 34.5. The van der Waals surface area contributed by atoms with Crippen molar-refractivity contribution in [2.24, 2.45) is 4.99 Å². The lowest BCUT2D eigenvalue weighted by Crippen LogP contribution is -2.40. The molecule has 0 saturated carbocycles. The van der Waals surface area contributed by atoms with E-state index in [9.17, 15) is 9.59 Å². The Labute approximate surface area is 301 Å². The van der Waals surface area contributed by atoms with Gasteiger partial charge in [0, 0.05) is 10.6 Å². The van der Waals surface area contributed by atoms with E-state index >= 15 is 0 Å². The van der Waals surface area contributed by atoms with Crippen LogP contribution in [-0.4, -0.2) is 31.4 Å². The van der Waals surface area contributed by atoms with Crippen molar-refractivity contribution < 1.29 is 23.7 Å². The van der Waals surface area contributed by atoms with Crippen LogP contribution in [0.1, 0.15) is 49.4 Å². The molecule has 6 rings (SSSR count). The van der Waals surface area contributed by atoms with Crippen LogP contribution in [0, 0.1) is 0 Å². The highest BCUT2D eigenvalue weighted by Gasteiger charge is 2.36. The second-order valence-electron chi connectivity index (χ2n) is 11.3. The normalized spacial score (nSPS) is 14.4. The lowest BCUT2D eigenvalue weighted by atomic mass is 9.93. The molecule has 0 amide bonds. The molecule has 49 heavy (non-hydrogen) atoms. The number of hydrogen-bond acceptors (Lipinski definition) is 8. The van der Waals surface area contributed by atoms with Crippen LogP contribution in [0.4, 0.5) is 0 Å². The predicted molar refractivity (Wildman–Crippen MR) is 197 cm³/mol. The minimum atomic E-state index is -0.862. The molecule has 0 N–H and O–H groups in total. The van der Waals surface area contributed by atoms with Crippen molar-refractivity contribution in [2.75, 3.05) is 20.8 Å². The summed E-state index contributed by atoms with van der Waals surface area (Å²) in [5.74, 6) is 0.996. The molecule has 0 radical (unpaired) electrons. The number of carbonyl (C=O) groups excluding carboxylic acids is 1. The van der Waals surface area contributed by atoms with Gasteiger partial charge in [0.1, 0.15) is 18.4 Å². The minimum Gasteiger partial charge on any atom is -0.496 e. The Balaban J connectivity index is 1.45. The van der Waals surface area contributed by atoms with Crippen LogP contribution in [0.15, 0.2) is 98.3 Å². The smallest absolute Gasteiger partial charge is 0.338 e. The summed E-state index contributed by atoms with van der Waals surface area (Å²) < 4.78 is 25.9. The molecule has 0 saturated heterocycles. The van der Waals surface area contributed by atoms with Gasteiger partial charge in [0.15, 0.2) is 16.3 Å². The summed E-state index contributed by atoms with van der Waals surface area (Å²) in [5, 5.41) is 2.70. The van der Waals surface area contributed by atoms with E-state index in [1.165, 1.54) is 23.0 Å². The number of nitrogens with zero attached hydrogens (tertiary/aromatic N) is 2. The van der Waals surface area contributed by atoms with E-state index in [0.717, 1.165) is 22.8 Å². The Morgan fingerprint density at radius 1 is 1.02 bits per heavy atom. The molecule has 1 aliphatic rings. The molecular formula is C38H34BrClN2O6S. The number of allylic oxidation sites excluding steroid dienone is 1. The number of fused-ring (bicyclic) bond motifs is 2. The van der Waals surface area contributed by atoms with Gasteiger partial charge in [0.05, 0.1) is 41.1 Å². The van der Waals surface area contributed by atoms with Crippen molar-refractivity contribution in [3.8, 4) is 17.2 Å². The number of hydrogen-bond donors (Lipinski definition) is 0. The van der Waals surface area contributed by atoms with Gasteiger partial charge in [-0.05, 0) is 87.6 Å². The molecule has 0 unspecified atom stereocenters. The average Bonchev–Trinajstić information content (AvgIpc) is 3.40. The molecule has 5 aromatic rings. The molecule has 252 valence electrons. The third-order valence-corrected chi connectivity index (χ3v) is 9.99. The first-order valence-electron chi connectivity index (χ1n) is 15.8. The average molecular weight is 762 g/mol. The van der Waals surface area contributed by atoms with Crippen LogP contribution >= 0.6 is 38.9 Å². The summed E-state index contributed by atoms with van der Waals surface area (Å²) in [7, 11) is 3.12. The van der Waals surface area contributed by atoms with Gasteiger partial charge in [-0.3, -0.25) is 9.36 Å². The SMILES string of the molecule is CCCC1=C(C(=O)OCC)[C@H](c2cc(Cl)ccc2OC)n2c(s/c(=C/c3cc(Br)c(OCc4cccc5ccccc45)c(OC)c3)c2=O)=N1. The van der Waals surface area contributed by atoms with Gasteiger partial charge < -0.3 is 18.9 Å². The Morgan fingerprint density at radius 2 is 1.80 bits per heavy atom. The Kier molecular flexibility index (Phi) is 10.6. The molecule has 4 aromatic carbocycles. The fourth-order valence-electron chi connectivity index (χ4n) is 6.02. The summed E-state index contributed by atoms with van der Waals surface area (Å²) in [5.41, 5.74) is 2.86. The number of rotatable bonds is 11. The van der Waals surface area contributed by atoms with Crippen molar-refractivity contribution in [2.45, 2.75) is 39.3 Å². The molecule has 8 nitrogen and oxygen atoms in total. The second kappa shape index (κ2) is 15.0. The Bertz CT molecular complexity index is 2270. The highest BCUT2D eigenvalue weighted by atomic mass is 79.9. The number of methoxy groups -OCH3 is 2. The van der Waals surface area contributed by atoms with Crippen molar-refractivity contribution in [1.82, 2.24) is 4.57 Å². The van der Waals surface area contributed by atoms with Crippen molar-refractivity contribution in [3.05, 3.63) is 130 Å². The maximum atomic E-state index is 14.3. The number of benzene rings is 4. The molecular weight excluding hydrogens is 728 g/mol. The topological polar surface area (TPSA) is 88.4 Å². The van der Waals surface area contributed by atoms with Gasteiger partial charge in [-0.2, -0.15) is 0 Å². The summed E-state index contributed by atoms with van der Waals surface area (Å²) in [4.78, 5) is 33.2. The second-order valence-corrected chi connectivity index (χ2v) is 13.6. The number of thiazole rings is 1. The molecule has 11 heteroatoms. The molecule has 1 aliphatic heterocycles. The number of aromatic nitrogens is 1. The highest BCUT2D eigenvalue weighted by Crippen LogP contribution is 2.39. The maximum absolute atomic E-state index is 14.3. The number of ether oxygens (including phenoxy) is 4. The summed E-state index contributed by atoms with van der Waals surface area (Å²) in [6.45, 7) is 4.26. The maximum Gasteiger partial charge on any atom is 0.338 e. The number of carbonyl (C=O) groups is 1. The fourth-order valence-corrected chi connectivity index (χ4v) is 7.79. The van der Waals surface area contributed by atoms with Crippen LogP contribution in [0.2, 0.25) is 5.02 Å². The summed E-state index contributed by atoms with van der Waals surface area (Å²) in [6, 6.07) is 22.3. The van der Waals surface area contributed by atoms with E-state index in [-0.39, 0.29) is 12.2 Å². The standard InChI is InChI=1S/C38H34BrClN2O6S/c1-5-10-29-33(37(44)47-6-2)34(27-20-25(40)15-16-30(27)45-3)42-36(43)32(49-38(42)41-29)19-22-17-28(39)35(31(18-22)46-4)48-21-24-13-9-12-23-11-7-8-14-26(23)24/h7-9,11-20,34H,5-6,10,21H2,1-4H3/b32-19+/t34-/m0/s1. The Morgan fingerprint density at radius 3 is 2.55 bits per heavy atom. The highest BCUT2D eigenvalue weighted by molar-refractivity contribution is 9.10. The third-order valence-electron chi connectivity index (χ3n) is 8.18. The summed E-state index contributed by atoms with van der Waals surface area (Å²) in [6.07, 6.45) is 3.03. The van der Waals surface area contributed by atoms with Crippen LogP contribution < -0.4 is 29.1 Å². The first-order chi connectivity index (χ1) is 23.8.